The Balaban J connectivity index is 0.00000300. The van der Waals surface area contributed by atoms with Crippen LogP contribution >= 0.6 is 24.0 Å². The van der Waals surface area contributed by atoms with Crippen LogP contribution in [-0.2, 0) is 10.0 Å². The van der Waals surface area contributed by atoms with Crippen LogP contribution in [0.15, 0.2) is 17.1 Å². The van der Waals surface area contributed by atoms with Crippen molar-refractivity contribution >= 4 is 40.0 Å². The van der Waals surface area contributed by atoms with Crippen LogP contribution in [0.25, 0.3) is 0 Å². The molecule has 0 aromatic carbocycles. The smallest absolute Gasteiger partial charge is 0.356 e. The number of piperidine rings is 1. The minimum atomic E-state index is -5.22. The third-order valence-electron chi connectivity index (χ3n) is 5.79. The lowest BCUT2D eigenvalue weighted by Gasteiger charge is -2.32. The number of nitrogens with zero attached hydrogens (tertiary/aromatic N) is 4. The van der Waals surface area contributed by atoms with Crippen LogP contribution in [0.3, 0.4) is 0 Å². The zero-order valence-electron chi connectivity index (χ0n) is 16.4. The first-order valence-electron chi connectivity index (χ1n) is 9.63. The highest BCUT2D eigenvalue weighted by Crippen LogP contribution is 2.30. The number of guanidine groups is 1. The van der Waals surface area contributed by atoms with Crippen molar-refractivity contribution in [3.8, 4) is 0 Å². The van der Waals surface area contributed by atoms with Crippen molar-refractivity contribution in [1.82, 2.24) is 19.4 Å². The molecule has 12 heteroatoms. The zero-order valence-corrected chi connectivity index (χ0v) is 19.6. The summed E-state index contributed by atoms with van der Waals surface area (Å²) in [6, 6.07) is 0.504. The van der Waals surface area contributed by atoms with Crippen LogP contribution in [0.1, 0.15) is 19.3 Å². The molecule has 0 spiro atoms. The number of rotatable bonds is 4. The predicted octanol–water partition coefficient (Wildman–Crippen LogP) is 1.69. The summed E-state index contributed by atoms with van der Waals surface area (Å²) in [6.07, 6.45) is 6.25. The highest BCUT2D eigenvalue weighted by molar-refractivity contribution is 14.0. The maximum absolute atomic E-state index is 12.7. The molecule has 0 aromatic rings. The average molecular weight is 551 g/mol. The lowest BCUT2D eigenvalue weighted by atomic mass is 9.98. The van der Waals surface area contributed by atoms with Gasteiger partial charge in [-0.1, -0.05) is 12.2 Å². The molecule has 0 radical (unpaired) electrons. The largest absolute Gasteiger partial charge is 0.511 e. The van der Waals surface area contributed by atoms with Gasteiger partial charge in [-0.2, -0.15) is 17.5 Å². The normalized spacial score (nSPS) is 25.4. The molecule has 0 aliphatic carbocycles. The standard InChI is InChI=1S/C17H28F3N5O2S.HI/c1-21-16(24-9-6-15(13-24)23-7-2-3-8-23)22-12-14-4-10-25(11-5-14)28(26,27)17(18,19)20;/h2-3,14-15H,4-13H2,1H3,(H,21,22);1H. The van der Waals surface area contributed by atoms with E-state index in [4.69, 9.17) is 0 Å². The first kappa shape index (κ1) is 24.7. The average Bonchev–Trinajstić information content (AvgIpc) is 3.33. The number of alkyl halides is 3. The summed E-state index contributed by atoms with van der Waals surface area (Å²) in [5.41, 5.74) is -5.22. The minimum Gasteiger partial charge on any atom is -0.356 e. The minimum absolute atomic E-state index is 0. The summed E-state index contributed by atoms with van der Waals surface area (Å²) < 4.78 is 61.5. The van der Waals surface area contributed by atoms with Crippen molar-refractivity contribution in [2.75, 3.05) is 52.9 Å². The Hall–Kier alpha value is -0.600. The van der Waals surface area contributed by atoms with E-state index in [9.17, 15) is 21.6 Å². The Morgan fingerprint density at radius 1 is 1.14 bits per heavy atom. The van der Waals surface area contributed by atoms with Gasteiger partial charge in [-0.25, -0.2) is 8.42 Å². The molecule has 3 rings (SSSR count). The van der Waals surface area contributed by atoms with E-state index in [1.54, 1.807) is 7.05 Å². The second-order valence-corrected chi connectivity index (χ2v) is 9.46. The van der Waals surface area contributed by atoms with Crippen LogP contribution in [0.2, 0.25) is 0 Å². The maximum Gasteiger partial charge on any atom is 0.511 e. The molecule has 3 aliphatic heterocycles. The molecule has 1 atom stereocenters. The molecular weight excluding hydrogens is 522 g/mol. The predicted molar refractivity (Wildman–Crippen MR) is 117 cm³/mol. The van der Waals surface area contributed by atoms with Crippen LogP contribution in [0.4, 0.5) is 13.2 Å². The van der Waals surface area contributed by atoms with Gasteiger partial charge < -0.3 is 10.2 Å². The Morgan fingerprint density at radius 3 is 2.31 bits per heavy atom. The maximum atomic E-state index is 12.7. The molecule has 2 fully saturated rings. The fourth-order valence-corrected chi connectivity index (χ4v) is 5.08. The zero-order chi connectivity index (χ0) is 20.4. The molecule has 0 bridgehead atoms. The van der Waals surface area contributed by atoms with Gasteiger partial charge in [-0.05, 0) is 25.2 Å². The van der Waals surface area contributed by atoms with Crippen LogP contribution in [-0.4, -0.2) is 92.9 Å². The van der Waals surface area contributed by atoms with Gasteiger partial charge in [0.25, 0.3) is 0 Å². The molecule has 168 valence electrons. The molecule has 2 saturated heterocycles. The lowest BCUT2D eigenvalue weighted by molar-refractivity contribution is -0.0496. The topological polar surface area (TPSA) is 68.2 Å². The second-order valence-electron chi connectivity index (χ2n) is 7.54. The summed E-state index contributed by atoms with van der Waals surface area (Å²) >= 11 is 0. The number of halogens is 4. The highest BCUT2D eigenvalue weighted by Gasteiger charge is 2.50. The van der Waals surface area contributed by atoms with Crippen molar-refractivity contribution in [3.05, 3.63) is 12.2 Å². The lowest BCUT2D eigenvalue weighted by Crippen LogP contribution is -2.48. The molecule has 0 amide bonds. The third-order valence-corrected chi connectivity index (χ3v) is 7.42. The quantitative estimate of drug-likeness (QED) is 0.250. The van der Waals surface area contributed by atoms with Gasteiger partial charge in [0.15, 0.2) is 5.96 Å². The summed E-state index contributed by atoms with van der Waals surface area (Å²) in [7, 11) is -3.49. The Bertz CT molecular complexity index is 700. The molecule has 0 aromatic heterocycles. The first-order valence-corrected chi connectivity index (χ1v) is 11.1. The molecule has 0 saturated carbocycles. The van der Waals surface area contributed by atoms with Gasteiger partial charge in [0.1, 0.15) is 0 Å². The summed E-state index contributed by atoms with van der Waals surface area (Å²) in [6.45, 7) is 4.20. The van der Waals surface area contributed by atoms with E-state index in [1.165, 1.54) is 0 Å². The Labute approximate surface area is 187 Å². The van der Waals surface area contributed by atoms with Gasteiger partial charge in [-0.15, -0.1) is 24.0 Å². The Morgan fingerprint density at radius 2 is 1.76 bits per heavy atom. The van der Waals surface area contributed by atoms with Crippen LogP contribution in [0.5, 0.6) is 0 Å². The van der Waals surface area contributed by atoms with Gasteiger partial charge in [-0.3, -0.25) is 9.89 Å². The van der Waals surface area contributed by atoms with Gasteiger partial charge in [0, 0.05) is 58.9 Å². The number of sulfonamides is 1. The van der Waals surface area contributed by atoms with E-state index in [0.717, 1.165) is 38.6 Å². The number of hydrogen-bond donors (Lipinski definition) is 1. The van der Waals surface area contributed by atoms with E-state index < -0.39 is 15.5 Å². The number of likely N-dealkylation sites (tertiary alicyclic amines) is 1. The first-order chi connectivity index (χ1) is 13.2. The third kappa shape index (κ3) is 5.76. The Kier molecular flexibility index (Phi) is 8.62. The molecule has 3 heterocycles. The van der Waals surface area contributed by atoms with Gasteiger partial charge in [0.2, 0.25) is 0 Å². The van der Waals surface area contributed by atoms with Crippen LogP contribution in [0, 0.1) is 5.92 Å². The van der Waals surface area contributed by atoms with Crippen LogP contribution < -0.4 is 5.32 Å². The van der Waals surface area contributed by atoms with E-state index in [2.05, 4.69) is 32.3 Å². The van der Waals surface area contributed by atoms with Crippen molar-refractivity contribution in [2.45, 2.75) is 30.8 Å². The van der Waals surface area contributed by atoms with Crippen molar-refractivity contribution in [3.63, 3.8) is 0 Å². The summed E-state index contributed by atoms with van der Waals surface area (Å²) in [5, 5.41) is 3.33. The van der Waals surface area contributed by atoms with E-state index in [-0.39, 0.29) is 43.0 Å². The molecular formula is C17H29F3IN5O2S. The molecule has 29 heavy (non-hydrogen) atoms. The van der Waals surface area contributed by atoms with Gasteiger partial charge >= 0.3 is 15.5 Å². The van der Waals surface area contributed by atoms with Crippen molar-refractivity contribution < 1.29 is 21.6 Å². The van der Waals surface area contributed by atoms with Crippen molar-refractivity contribution in [2.24, 2.45) is 10.9 Å². The van der Waals surface area contributed by atoms with E-state index in [0.29, 0.717) is 29.7 Å². The summed E-state index contributed by atoms with van der Waals surface area (Å²) in [5.74, 6) is 0.928. The second kappa shape index (κ2) is 10.1. The van der Waals surface area contributed by atoms with E-state index in [1.807, 2.05) is 0 Å². The highest BCUT2D eigenvalue weighted by atomic mass is 127. The van der Waals surface area contributed by atoms with Gasteiger partial charge in [0.05, 0.1) is 0 Å². The fraction of sp³-hybridized carbons (Fsp3) is 0.824. The number of hydrogen-bond acceptors (Lipinski definition) is 4. The molecule has 1 N–H and O–H groups in total. The van der Waals surface area contributed by atoms with Crippen molar-refractivity contribution in [1.29, 1.82) is 0 Å². The molecule has 3 aliphatic rings. The number of nitrogens with one attached hydrogen (secondary N) is 1. The summed E-state index contributed by atoms with van der Waals surface area (Å²) in [4.78, 5) is 8.99. The monoisotopic (exact) mass is 551 g/mol. The number of aliphatic imine (C=N–C) groups is 1. The fourth-order valence-electron chi connectivity index (χ4n) is 4.09. The van der Waals surface area contributed by atoms with E-state index >= 15 is 0 Å². The molecule has 1 unspecified atom stereocenters. The SMILES string of the molecule is CN=C(NCC1CCN(S(=O)(=O)C(F)(F)F)CC1)N1CCC(N2CC=CC2)C1.I. The molecule has 7 nitrogen and oxygen atoms in total.